The van der Waals surface area contributed by atoms with Crippen LogP contribution in [0.5, 0.6) is 0 Å². The van der Waals surface area contributed by atoms with Crippen LogP contribution in [0.1, 0.15) is 0 Å². The summed E-state index contributed by atoms with van der Waals surface area (Å²) in [6, 6.07) is 3.52. The van der Waals surface area contributed by atoms with Gasteiger partial charge in [0.15, 0.2) is 6.10 Å². The molecule has 0 fully saturated rings. The number of alkyl halides is 3. The minimum Gasteiger partial charge on any atom is -0.399 e. The van der Waals surface area contributed by atoms with Crippen LogP contribution < -0.4 is 11.1 Å². The van der Waals surface area contributed by atoms with Crippen molar-refractivity contribution in [2.75, 3.05) is 17.6 Å². The van der Waals surface area contributed by atoms with Crippen molar-refractivity contribution in [2.24, 2.45) is 0 Å². The average Bonchev–Trinajstić information content (AvgIpc) is 2.14. The van der Waals surface area contributed by atoms with E-state index in [0.29, 0.717) is 0 Å². The predicted molar refractivity (Wildman–Crippen MR) is 51.4 cm³/mol. The lowest BCUT2D eigenvalue weighted by Gasteiger charge is -2.16. The number of hydrogen-bond acceptors (Lipinski definition) is 3. The number of nitrogens with two attached hydrogens (primary N) is 1. The highest BCUT2D eigenvalue weighted by atomic mass is 19.4. The zero-order valence-corrected chi connectivity index (χ0v) is 8.05. The average molecular weight is 238 g/mol. The van der Waals surface area contributed by atoms with Crippen LogP contribution in [-0.2, 0) is 0 Å². The Kier molecular flexibility index (Phi) is 3.58. The van der Waals surface area contributed by atoms with Crippen molar-refractivity contribution in [3.63, 3.8) is 0 Å². The molecule has 1 aromatic rings. The van der Waals surface area contributed by atoms with Crippen molar-refractivity contribution in [2.45, 2.75) is 12.3 Å². The fourth-order valence-corrected chi connectivity index (χ4v) is 0.997. The Bertz CT molecular complexity index is 367. The topological polar surface area (TPSA) is 58.3 Å². The molecule has 0 aliphatic carbocycles. The predicted octanol–water partition coefficient (Wildman–Crippen LogP) is 1.74. The Morgan fingerprint density at radius 1 is 1.38 bits per heavy atom. The van der Waals surface area contributed by atoms with Crippen LogP contribution in [0.25, 0.3) is 0 Å². The fourth-order valence-electron chi connectivity index (χ4n) is 0.997. The molecule has 0 heterocycles. The summed E-state index contributed by atoms with van der Waals surface area (Å²) < 4.78 is 48.8. The van der Waals surface area contributed by atoms with E-state index in [2.05, 4.69) is 5.32 Å². The van der Waals surface area contributed by atoms with Gasteiger partial charge in [0, 0.05) is 12.2 Å². The first-order valence-corrected chi connectivity index (χ1v) is 4.34. The van der Waals surface area contributed by atoms with Crippen molar-refractivity contribution in [1.29, 1.82) is 0 Å². The van der Waals surface area contributed by atoms with Gasteiger partial charge < -0.3 is 16.2 Å². The van der Waals surface area contributed by atoms with E-state index in [9.17, 15) is 17.6 Å². The second-order valence-corrected chi connectivity index (χ2v) is 3.18. The number of aliphatic hydroxyl groups is 1. The maximum Gasteiger partial charge on any atom is 0.416 e. The van der Waals surface area contributed by atoms with Crippen molar-refractivity contribution in [1.82, 2.24) is 0 Å². The molecule has 0 bridgehead atoms. The molecule has 0 aromatic heterocycles. The van der Waals surface area contributed by atoms with Crippen LogP contribution in [0.2, 0.25) is 0 Å². The molecule has 4 N–H and O–H groups in total. The number of rotatable bonds is 3. The van der Waals surface area contributed by atoms with Crippen molar-refractivity contribution in [3.8, 4) is 0 Å². The number of benzene rings is 1. The highest BCUT2D eigenvalue weighted by Crippen LogP contribution is 2.22. The van der Waals surface area contributed by atoms with Gasteiger partial charge in [-0.3, -0.25) is 0 Å². The molecule has 0 saturated heterocycles. The Balaban J connectivity index is 2.62. The number of anilines is 2. The lowest BCUT2D eigenvalue weighted by Crippen LogP contribution is -2.35. The largest absolute Gasteiger partial charge is 0.416 e. The zero-order valence-electron chi connectivity index (χ0n) is 8.05. The first-order valence-electron chi connectivity index (χ1n) is 4.34. The maximum atomic E-state index is 13.1. The third-order valence-electron chi connectivity index (χ3n) is 1.86. The summed E-state index contributed by atoms with van der Waals surface area (Å²) in [5, 5.41) is 10.8. The van der Waals surface area contributed by atoms with Crippen LogP contribution in [0.4, 0.5) is 28.9 Å². The second-order valence-electron chi connectivity index (χ2n) is 3.18. The first kappa shape index (κ1) is 12.6. The standard InChI is InChI=1S/C9H10F4N2O/c10-6-3-5(14)1-2-7(6)15-4-8(16)9(11,12)13/h1-3,8,15-16H,4,14H2. The van der Waals surface area contributed by atoms with Crippen molar-refractivity contribution < 1.29 is 22.7 Å². The summed E-state index contributed by atoms with van der Waals surface area (Å²) in [6.45, 7) is -0.815. The molecule has 0 radical (unpaired) electrons. The van der Waals surface area contributed by atoms with E-state index < -0.39 is 24.6 Å². The zero-order chi connectivity index (χ0) is 12.3. The van der Waals surface area contributed by atoms with Crippen molar-refractivity contribution >= 4 is 11.4 Å². The Labute approximate surface area is 88.9 Å². The number of aliphatic hydroxyl groups excluding tert-OH is 1. The van der Waals surface area contributed by atoms with E-state index in [4.69, 9.17) is 10.8 Å². The number of hydrogen-bond donors (Lipinski definition) is 3. The molecule has 16 heavy (non-hydrogen) atoms. The fraction of sp³-hybridized carbons (Fsp3) is 0.333. The molecule has 1 rings (SSSR count). The molecule has 1 atom stereocenters. The molecule has 90 valence electrons. The Morgan fingerprint density at radius 3 is 2.50 bits per heavy atom. The van der Waals surface area contributed by atoms with Crippen LogP contribution >= 0.6 is 0 Å². The van der Waals surface area contributed by atoms with Gasteiger partial charge in [-0.15, -0.1) is 0 Å². The van der Waals surface area contributed by atoms with E-state index in [1.807, 2.05) is 0 Å². The molecular weight excluding hydrogens is 228 g/mol. The summed E-state index contributed by atoms with van der Waals surface area (Å²) in [6.07, 6.45) is -7.26. The molecule has 0 spiro atoms. The van der Waals surface area contributed by atoms with Gasteiger partial charge >= 0.3 is 6.18 Å². The number of nitrogens with one attached hydrogen (secondary N) is 1. The lowest BCUT2D eigenvalue weighted by molar-refractivity contribution is -0.198. The summed E-state index contributed by atoms with van der Waals surface area (Å²) in [4.78, 5) is 0. The van der Waals surface area contributed by atoms with E-state index in [-0.39, 0.29) is 11.4 Å². The number of halogens is 4. The molecule has 3 nitrogen and oxygen atoms in total. The molecular formula is C9H10F4N2O. The molecule has 0 saturated carbocycles. The minimum atomic E-state index is -4.72. The third-order valence-corrected chi connectivity index (χ3v) is 1.86. The molecule has 1 aromatic carbocycles. The van der Waals surface area contributed by atoms with Gasteiger partial charge in [0.1, 0.15) is 5.82 Å². The van der Waals surface area contributed by atoms with Gasteiger partial charge in [0.05, 0.1) is 5.69 Å². The second kappa shape index (κ2) is 4.56. The smallest absolute Gasteiger partial charge is 0.399 e. The quantitative estimate of drug-likeness (QED) is 0.555. The van der Waals surface area contributed by atoms with Gasteiger partial charge in [0.2, 0.25) is 0 Å². The number of nitrogen functional groups attached to an aromatic ring is 1. The van der Waals surface area contributed by atoms with E-state index in [1.54, 1.807) is 0 Å². The van der Waals surface area contributed by atoms with Gasteiger partial charge in [-0.1, -0.05) is 0 Å². The van der Waals surface area contributed by atoms with E-state index >= 15 is 0 Å². The maximum absolute atomic E-state index is 13.1. The van der Waals surface area contributed by atoms with E-state index in [0.717, 1.165) is 6.07 Å². The van der Waals surface area contributed by atoms with Crippen LogP contribution in [0.15, 0.2) is 18.2 Å². The first-order chi connectivity index (χ1) is 7.30. The van der Waals surface area contributed by atoms with Gasteiger partial charge in [-0.05, 0) is 18.2 Å². The highest BCUT2D eigenvalue weighted by Gasteiger charge is 2.37. The molecule has 0 amide bonds. The SMILES string of the molecule is Nc1ccc(NCC(O)C(F)(F)F)c(F)c1. The Morgan fingerprint density at radius 2 is 2.00 bits per heavy atom. The molecule has 0 aliphatic heterocycles. The highest BCUT2D eigenvalue weighted by molar-refractivity contribution is 5.52. The minimum absolute atomic E-state index is 0.141. The monoisotopic (exact) mass is 238 g/mol. The lowest BCUT2D eigenvalue weighted by atomic mass is 10.2. The van der Waals surface area contributed by atoms with Crippen molar-refractivity contribution in [3.05, 3.63) is 24.0 Å². The summed E-state index contributed by atoms with van der Waals surface area (Å²) in [5.74, 6) is -0.769. The van der Waals surface area contributed by atoms with E-state index in [1.165, 1.54) is 12.1 Å². The van der Waals surface area contributed by atoms with Crippen LogP contribution in [0.3, 0.4) is 0 Å². The molecule has 0 aliphatic rings. The summed E-state index contributed by atoms with van der Waals surface area (Å²) in [7, 11) is 0. The molecule has 1 unspecified atom stereocenters. The van der Waals surface area contributed by atoms with Crippen LogP contribution in [-0.4, -0.2) is 23.9 Å². The van der Waals surface area contributed by atoms with Gasteiger partial charge in [-0.25, -0.2) is 4.39 Å². The Hall–Kier alpha value is -1.50. The third kappa shape index (κ3) is 3.27. The summed E-state index contributed by atoms with van der Waals surface area (Å²) in [5.41, 5.74) is 5.28. The van der Waals surface area contributed by atoms with Gasteiger partial charge in [-0.2, -0.15) is 13.2 Å². The van der Waals surface area contributed by atoms with Gasteiger partial charge in [0.25, 0.3) is 0 Å². The normalized spacial score (nSPS) is 13.6. The molecule has 7 heteroatoms. The summed E-state index contributed by atoms with van der Waals surface area (Å²) >= 11 is 0. The van der Waals surface area contributed by atoms with Crippen LogP contribution in [0, 0.1) is 5.82 Å².